The number of nitrogens with zero attached hydrogens (tertiary/aromatic N) is 3. The van der Waals surface area contributed by atoms with Gasteiger partial charge in [0.1, 0.15) is 0 Å². The number of methoxy groups -OCH3 is 1. The van der Waals surface area contributed by atoms with Crippen LogP contribution in [0.25, 0.3) is 10.9 Å². The maximum atomic E-state index is 12.6. The summed E-state index contributed by atoms with van der Waals surface area (Å²) in [6.45, 7) is 0.176. The molecule has 0 fully saturated rings. The average Bonchev–Trinajstić information content (AvgIpc) is 2.63. The lowest BCUT2D eigenvalue weighted by atomic mass is 10.1. The standard InChI is InChI=1S/C17H13N3O5/c1-25-17(22)12-4-2-3-11(7-12)9-19-10-18-15-6-5-13(20(23)24)8-14(15)16(19)21/h2-8,10H,9H2,1H3. The van der Waals surface area contributed by atoms with Crippen LogP contribution in [0.15, 0.2) is 53.6 Å². The second-order valence-corrected chi connectivity index (χ2v) is 5.33. The molecule has 1 aromatic heterocycles. The van der Waals surface area contributed by atoms with Gasteiger partial charge < -0.3 is 4.74 Å². The number of carbonyl (C=O) groups is 1. The fraction of sp³-hybridized carbons (Fsp3) is 0.118. The van der Waals surface area contributed by atoms with Gasteiger partial charge in [0.25, 0.3) is 11.2 Å². The molecule has 0 radical (unpaired) electrons. The van der Waals surface area contributed by atoms with Gasteiger partial charge in [0, 0.05) is 12.1 Å². The third kappa shape index (κ3) is 3.23. The zero-order valence-corrected chi connectivity index (χ0v) is 13.2. The van der Waals surface area contributed by atoms with Gasteiger partial charge >= 0.3 is 5.97 Å². The fourth-order valence-electron chi connectivity index (χ4n) is 2.48. The topological polar surface area (TPSA) is 104 Å². The molecular weight excluding hydrogens is 326 g/mol. The highest BCUT2D eigenvalue weighted by molar-refractivity contribution is 5.89. The number of fused-ring (bicyclic) bond motifs is 1. The molecular formula is C17H13N3O5. The van der Waals surface area contributed by atoms with Crippen LogP contribution in [0, 0.1) is 10.1 Å². The van der Waals surface area contributed by atoms with Crippen LogP contribution in [0.3, 0.4) is 0 Å². The number of non-ortho nitro benzene ring substituents is 1. The van der Waals surface area contributed by atoms with Gasteiger partial charge in [-0.3, -0.25) is 19.5 Å². The Kier molecular flexibility index (Phi) is 4.25. The summed E-state index contributed by atoms with van der Waals surface area (Å²) < 4.78 is 6.01. The molecule has 3 rings (SSSR count). The second-order valence-electron chi connectivity index (χ2n) is 5.33. The number of nitro groups is 1. The molecule has 0 aliphatic rings. The molecule has 0 aliphatic carbocycles. The van der Waals surface area contributed by atoms with E-state index >= 15 is 0 Å². The molecule has 126 valence electrons. The van der Waals surface area contributed by atoms with Crippen LogP contribution in [0.2, 0.25) is 0 Å². The van der Waals surface area contributed by atoms with Crippen molar-refractivity contribution in [2.24, 2.45) is 0 Å². The molecule has 0 atom stereocenters. The van der Waals surface area contributed by atoms with Gasteiger partial charge in [0.2, 0.25) is 0 Å². The summed E-state index contributed by atoms with van der Waals surface area (Å²) >= 11 is 0. The van der Waals surface area contributed by atoms with Crippen molar-refractivity contribution in [2.75, 3.05) is 7.11 Å². The van der Waals surface area contributed by atoms with Gasteiger partial charge in [-0.05, 0) is 23.8 Å². The van der Waals surface area contributed by atoms with E-state index in [9.17, 15) is 19.7 Å². The summed E-state index contributed by atoms with van der Waals surface area (Å²) in [5.41, 5.74) is 0.901. The Labute approximate surface area is 141 Å². The first-order valence-corrected chi connectivity index (χ1v) is 7.30. The van der Waals surface area contributed by atoms with E-state index in [-0.39, 0.29) is 17.6 Å². The van der Waals surface area contributed by atoms with E-state index in [1.165, 1.54) is 36.2 Å². The average molecular weight is 339 g/mol. The van der Waals surface area contributed by atoms with Crippen molar-refractivity contribution in [3.63, 3.8) is 0 Å². The highest BCUT2D eigenvalue weighted by atomic mass is 16.6. The van der Waals surface area contributed by atoms with Crippen LogP contribution < -0.4 is 5.56 Å². The number of carbonyl (C=O) groups excluding carboxylic acids is 1. The number of hydrogen-bond donors (Lipinski definition) is 0. The third-order valence-electron chi connectivity index (χ3n) is 3.72. The predicted molar refractivity (Wildman–Crippen MR) is 89.5 cm³/mol. The minimum absolute atomic E-state index is 0.167. The minimum atomic E-state index is -0.559. The molecule has 1 heterocycles. The normalized spacial score (nSPS) is 10.6. The lowest BCUT2D eigenvalue weighted by Crippen LogP contribution is -2.21. The number of benzene rings is 2. The van der Waals surface area contributed by atoms with Gasteiger partial charge in [-0.2, -0.15) is 0 Å². The SMILES string of the molecule is COC(=O)c1cccc(Cn2cnc3ccc([N+](=O)[O-])cc3c2=O)c1. The Bertz CT molecular complexity index is 1040. The van der Waals surface area contributed by atoms with E-state index in [1.807, 2.05) is 0 Å². The number of esters is 1. The van der Waals surface area contributed by atoms with Crippen molar-refractivity contribution in [3.8, 4) is 0 Å². The van der Waals surface area contributed by atoms with Gasteiger partial charge in [-0.25, -0.2) is 9.78 Å². The Balaban J connectivity index is 2.02. The van der Waals surface area contributed by atoms with Crippen molar-refractivity contribution >= 4 is 22.6 Å². The van der Waals surface area contributed by atoms with Crippen LogP contribution in [-0.2, 0) is 11.3 Å². The Hall–Kier alpha value is -3.55. The summed E-state index contributed by atoms with van der Waals surface area (Å²) in [4.78, 5) is 38.7. The van der Waals surface area contributed by atoms with Crippen LogP contribution >= 0.6 is 0 Å². The van der Waals surface area contributed by atoms with Crippen molar-refractivity contribution in [3.05, 3.63) is 80.4 Å². The molecule has 0 amide bonds. The first kappa shape index (κ1) is 16.3. The maximum Gasteiger partial charge on any atom is 0.337 e. The molecule has 0 N–H and O–H groups in total. The number of aromatic nitrogens is 2. The molecule has 3 aromatic rings. The van der Waals surface area contributed by atoms with Crippen molar-refractivity contribution in [2.45, 2.75) is 6.54 Å². The van der Waals surface area contributed by atoms with E-state index in [0.29, 0.717) is 16.6 Å². The minimum Gasteiger partial charge on any atom is -0.465 e. The van der Waals surface area contributed by atoms with Gasteiger partial charge in [0.15, 0.2) is 0 Å². The highest BCUT2D eigenvalue weighted by Gasteiger charge is 2.12. The predicted octanol–water partition coefficient (Wildman–Crippen LogP) is 2.14. The molecule has 0 spiro atoms. The third-order valence-corrected chi connectivity index (χ3v) is 3.72. The Morgan fingerprint density at radius 1 is 1.28 bits per heavy atom. The Morgan fingerprint density at radius 2 is 2.08 bits per heavy atom. The quantitative estimate of drug-likeness (QED) is 0.410. The number of hydrogen-bond acceptors (Lipinski definition) is 6. The lowest BCUT2D eigenvalue weighted by molar-refractivity contribution is -0.384. The van der Waals surface area contributed by atoms with Gasteiger partial charge in [-0.15, -0.1) is 0 Å². The van der Waals surface area contributed by atoms with E-state index in [2.05, 4.69) is 9.72 Å². The van der Waals surface area contributed by atoms with E-state index in [0.717, 1.165) is 0 Å². The molecule has 0 saturated carbocycles. The molecule has 0 unspecified atom stereocenters. The number of rotatable bonds is 4. The molecule has 0 bridgehead atoms. The molecule has 0 saturated heterocycles. The molecule has 8 heteroatoms. The van der Waals surface area contributed by atoms with E-state index < -0.39 is 16.5 Å². The monoisotopic (exact) mass is 339 g/mol. The van der Waals surface area contributed by atoms with Crippen molar-refractivity contribution in [1.29, 1.82) is 0 Å². The van der Waals surface area contributed by atoms with E-state index in [4.69, 9.17) is 0 Å². The maximum absolute atomic E-state index is 12.6. The van der Waals surface area contributed by atoms with Gasteiger partial charge in [0.05, 0.1) is 41.4 Å². The zero-order valence-electron chi connectivity index (χ0n) is 13.2. The molecule has 8 nitrogen and oxygen atoms in total. The van der Waals surface area contributed by atoms with Gasteiger partial charge in [-0.1, -0.05) is 12.1 Å². The van der Waals surface area contributed by atoms with Crippen LogP contribution in [0.1, 0.15) is 15.9 Å². The molecule has 0 aliphatic heterocycles. The molecule has 2 aromatic carbocycles. The largest absolute Gasteiger partial charge is 0.465 e. The summed E-state index contributed by atoms with van der Waals surface area (Å²) in [6.07, 6.45) is 1.38. The lowest BCUT2D eigenvalue weighted by Gasteiger charge is -2.08. The summed E-state index contributed by atoms with van der Waals surface area (Å²) in [6, 6.07) is 10.6. The molecule has 25 heavy (non-hydrogen) atoms. The zero-order chi connectivity index (χ0) is 18.0. The number of nitro benzene ring substituents is 1. The van der Waals surface area contributed by atoms with Crippen LogP contribution in [0.4, 0.5) is 5.69 Å². The second kappa shape index (κ2) is 6.52. The highest BCUT2D eigenvalue weighted by Crippen LogP contribution is 2.16. The van der Waals surface area contributed by atoms with Crippen LogP contribution in [0.5, 0.6) is 0 Å². The number of ether oxygens (including phenoxy) is 1. The van der Waals surface area contributed by atoms with Crippen LogP contribution in [-0.4, -0.2) is 27.6 Å². The summed E-state index contributed by atoms with van der Waals surface area (Å²) in [5.74, 6) is -0.471. The first-order valence-electron chi connectivity index (χ1n) is 7.30. The fourth-order valence-corrected chi connectivity index (χ4v) is 2.48. The van der Waals surface area contributed by atoms with Crippen molar-refractivity contribution < 1.29 is 14.5 Å². The first-order chi connectivity index (χ1) is 12.0. The summed E-state index contributed by atoms with van der Waals surface area (Å²) in [5, 5.41) is 11.1. The van der Waals surface area contributed by atoms with E-state index in [1.54, 1.807) is 24.3 Å². The smallest absolute Gasteiger partial charge is 0.337 e. The van der Waals surface area contributed by atoms with Crippen molar-refractivity contribution in [1.82, 2.24) is 9.55 Å². The summed E-state index contributed by atoms with van der Waals surface area (Å²) in [7, 11) is 1.29. The Morgan fingerprint density at radius 3 is 2.80 bits per heavy atom.